The maximum absolute atomic E-state index is 13.1. The van der Waals surface area contributed by atoms with Crippen molar-refractivity contribution in [2.75, 3.05) is 12.3 Å². The van der Waals surface area contributed by atoms with E-state index in [9.17, 15) is 19.7 Å². The maximum atomic E-state index is 13.1. The number of benzene rings is 2. The molecule has 0 aliphatic heterocycles. The predicted molar refractivity (Wildman–Crippen MR) is 134 cm³/mol. The van der Waals surface area contributed by atoms with Gasteiger partial charge in [0.05, 0.1) is 20.7 Å². The van der Waals surface area contributed by atoms with Crippen LogP contribution in [-0.4, -0.2) is 40.0 Å². The van der Waals surface area contributed by atoms with E-state index in [1.165, 1.54) is 28.8 Å². The van der Waals surface area contributed by atoms with Crippen molar-refractivity contribution in [3.8, 4) is 0 Å². The third-order valence-corrected chi connectivity index (χ3v) is 6.56. The van der Waals surface area contributed by atoms with Gasteiger partial charge in [0.1, 0.15) is 6.04 Å². The topological polar surface area (TPSA) is 92.6 Å². The van der Waals surface area contributed by atoms with Crippen molar-refractivity contribution >= 4 is 52.5 Å². The summed E-state index contributed by atoms with van der Waals surface area (Å²) in [6, 6.07) is 10.7. The monoisotopic (exact) mass is 511 g/mol. The lowest BCUT2D eigenvalue weighted by Gasteiger charge is -2.29. The van der Waals surface area contributed by atoms with E-state index < -0.39 is 11.0 Å². The van der Waals surface area contributed by atoms with E-state index in [2.05, 4.69) is 5.32 Å². The molecule has 178 valence electrons. The molecule has 0 aromatic heterocycles. The van der Waals surface area contributed by atoms with Crippen LogP contribution in [0.25, 0.3) is 0 Å². The van der Waals surface area contributed by atoms with Crippen molar-refractivity contribution in [2.24, 2.45) is 5.92 Å². The molecule has 0 fully saturated rings. The summed E-state index contributed by atoms with van der Waals surface area (Å²) in [6.45, 7) is 6.43. The van der Waals surface area contributed by atoms with E-state index in [1.54, 1.807) is 37.3 Å². The Morgan fingerprint density at radius 1 is 1.06 bits per heavy atom. The molecule has 33 heavy (non-hydrogen) atoms. The van der Waals surface area contributed by atoms with E-state index >= 15 is 0 Å². The van der Waals surface area contributed by atoms with Crippen LogP contribution in [0.3, 0.4) is 0 Å². The van der Waals surface area contributed by atoms with Crippen LogP contribution < -0.4 is 5.32 Å². The molecule has 0 heterocycles. The first kappa shape index (κ1) is 27.0. The summed E-state index contributed by atoms with van der Waals surface area (Å²) in [5.74, 6) is 0.536. The molecule has 1 atom stereocenters. The minimum atomic E-state index is -0.675. The maximum Gasteiger partial charge on any atom is 0.269 e. The highest BCUT2D eigenvalue weighted by atomic mass is 35.5. The van der Waals surface area contributed by atoms with E-state index in [0.29, 0.717) is 22.3 Å². The number of amides is 2. The molecule has 7 nitrogen and oxygen atoms in total. The molecule has 2 aromatic carbocycles. The van der Waals surface area contributed by atoms with Crippen LogP contribution in [0.4, 0.5) is 5.69 Å². The average molecular weight is 512 g/mol. The molecule has 0 spiro atoms. The number of thioether (sulfide) groups is 1. The lowest BCUT2D eigenvalue weighted by Crippen LogP contribution is -2.48. The number of nitro benzene ring substituents is 1. The number of nitrogens with zero attached hydrogens (tertiary/aromatic N) is 2. The van der Waals surface area contributed by atoms with Gasteiger partial charge in [0.25, 0.3) is 5.69 Å². The van der Waals surface area contributed by atoms with Crippen LogP contribution in [0.5, 0.6) is 0 Å². The average Bonchev–Trinajstić information content (AvgIpc) is 2.77. The second kappa shape index (κ2) is 12.8. The van der Waals surface area contributed by atoms with Crippen LogP contribution in [0.2, 0.25) is 10.0 Å². The summed E-state index contributed by atoms with van der Waals surface area (Å²) in [5, 5.41) is 14.5. The van der Waals surface area contributed by atoms with Gasteiger partial charge in [0, 0.05) is 31.0 Å². The number of nitro groups is 1. The number of halogens is 2. The molecule has 0 bridgehead atoms. The Bertz CT molecular complexity index is 986. The van der Waals surface area contributed by atoms with Gasteiger partial charge in [-0.25, -0.2) is 0 Å². The van der Waals surface area contributed by atoms with Crippen LogP contribution in [0.1, 0.15) is 31.9 Å². The van der Waals surface area contributed by atoms with Gasteiger partial charge < -0.3 is 10.2 Å². The molecule has 0 aliphatic carbocycles. The second-order valence-electron chi connectivity index (χ2n) is 8.00. The first-order valence-corrected chi connectivity index (χ1v) is 12.3. The summed E-state index contributed by atoms with van der Waals surface area (Å²) in [4.78, 5) is 37.6. The van der Waals surface area contributed by atoms with Crippen molar-refractivity contribution in [1.29, 1.82) is 0 Å². The first-order valence-electron chi connectivity index (χ1n) is 10.4. The Morgan fingerprint density at radius 3 is 2.27 bits per heavy atom. The number of carbonyl (C=O) groups is 2. The molecule has 0 aliphatic rings. The Morgan fingerprint density at radius 2 is 1.70 bits per heavy atom. The minimum absolute atomic E-state index is 0.0221. The highest BCUT2D eigenvalue weighted by Crippen LogP contribution is 2.24. The fourth-order valence-corrected chi connectivity index (χ4v) is 4.11. The van der Waals surface area contributed by atoms with E-state index in [-0.39, 0.29) is 35.7 Å². The van der Waals surface area contributed by atoms with Crippen molar-refractivity contribution < 1.29 is 14.5 Å². The van der Waals surface area contributed by atoms with Gasteiger partial charge in [-0.3, -0.25) is 19.7 Å². The molecule has 0 unspecified atom stereocenters. The zero-order chi connectivity index (χ0) is 24.5. The molecule has 0 radical (unpaired) electrons. The Labute approximate surface area is 208 Å². The molecule has 2 rings (SSSR count). The highest BCUT2D eigenvalue weighted by Gasteiger charge is 2.26. The largest absolute Gasteiger partial charge is 0.354 e. The predicted octanol–water partition coefficient (Wildman–Crippen LogP) is 5.32. The van der Waals surface area contributed by atoms with Crippen LogP contribution in [0.15, 0.2) is 42.5 Å². The fraction of sp³-hybridized carbons (Fsp3) is 0.391. The summed E-state index contributed by atoms with van der Waals surface area (Å²) >= 11 is 13.5. The third-order valence-electron chi connectivity index (χ3n) is 4.83. The normalized spacial score (nSPS) is 11.8. The summed E-state index contributed by atoms with van der Waals surface area (Å²) < 4.78 is 0. The van der Waals surface area contributed by atoms with Crippen molar-refractivity contribution in [3.63, 3.8) is 0 Å². The number of hydrogen-bond acceptors (Lipinski definition) is 5. The summed E-state index contributed by atoms with van der Waals surface area (Å²) in [5.41, 5.74) is 1.66. The van der Waals surface area contributed by atoms with Crippen LogP contribution in [-0.2, 0) is 21.9 Å². The minimum Gasteiger partial charge on any atom is -0.354 e. The standard InChI is InChI=1S/C23H27Cl2N3O4S/c1-15(2)11-26-23(30)16(3)27(12-18-6-9-20(24)21(25)10-18)22(29)14-33-13-17-4-7-19(8-5-17)28(31)32/h4-10,15-16H,11-14H2,1-3H3,(H,26,30)/t16-/m0/s1. The lowest BCUT2D eigenvalue weighted by atomic mass is 10.1. The van der Waals surface area contributed by atoms with Crippen LogP contribution in [0, 0.1) is 16.0 Å². The van der Waals surface area contributed by atoms with Crippen molar-refractivity contribution in [2.45, 2.75) is 39.1 Å². The van der Waals surface area contributed by atoms with Gasteiger partial charge in [0.2, 0.25) is 11.8 Å². The Kier molecular flexibility index (Phi) is 10.5. The molecular formula is C23H27Cl2N3O4S. The fourth-order valence-electron chi connectivity index (χ4n) is 2.92. The molecule has 10 heteroatoms. The third kappa shape index (κ3) is 8.53. The number of hydrogen-bond donors (Lipinski definition) is 1. The Hall–Kier alpha value is -2.29. The lowest BCUT2D eigenvalue weighted by molar-refractivity contribution is -0.384. The zero-order valence-corrected chi connectivity index (χ0v) is 21.0. The molecule has 1 N–H and O–H groups in total. The first-order chi connectivity index (χ1) is 15.6. The van der Waals surface area contributed by atoms with Gasteiger partial charge in [-0.05, 0) is 36.1 Å². The number of rotatable bonds is 11. The van der Waals surface area contributed by atoms with E-state index in [0.717, 1.165) is 11.1 Å². The SMILES string of the molecule is CC(C)CNC(=O)[C@H](C)N(Cc1ccc(Cl)c(Cl)c1)C(=O)CSCc1ccc([N+](=O)[O-])cc1. The molecule has 2 aromatic rings. The van der Waals surface area contributed by atoms with Gasteiger partial charge >= 0.3 is 0 Å². The quantitative estimate of drug-likeness (QED) is 0.325. The van der Waals surface area contributed by atoms with Crippen LogP contribution >= 0.6 is 35.0 Å². The van der Waals surface area contributed by atoms with Crippen molar-refractivity contribution in [1.82, 2.24) is 10.2 Å². The van der Waals surface area contributed by atoms with Gasteiger partial charge in [-0.15, -0.1) is 11.8 Å². The van der Waals surface area contributed by atoms with Gasteiger partial charge in [0.15, 0.2) is 0 Å². The smallest absolute Gasteiger partial charge is 0.269 e. The number of nitrogens with one attached hydrogen (secondary N) is 1. The number of non-ortho nitro benzene ring substituents is 1. The Balaban J connectivity index is 2.08. The molecule has 0 saturated carbocycles. The highest BCUT2D eigenvalue weighted by molar-refractivity contribution is 7.99. The summed E-state index contributed by atoms with van der Waals surface area (Å²) in [6.07, 6.45) is 0. The second-order valence-corrected chi connectivity index (χ2v) is 9.80. The molecule has 0 saturated heterocycles. The summed E-state index contributed by atoms with van der Waals surface area (Å²) in [7, 11) is 0. The molecule has 2 amide bonds. The van der Waals surface area contributed by atoms with Gasteiger partial charge in [-0.1, -0.05) is 55.2 Å². The number of carbonyl (C=O) groups excluding carboxylic acids is 2. The van der Waals surface area contributed by atoms with E-state index in [1.807, 2.05) is 13.8 Å². The van der Waals surface area contributed by atoms with Crippen molar-refractivity contribution in [3.05, 3.63) is 73.8 Å². The van der Waals surface area contributed by atoms with Gasteiger partial charge in [-0.2, -0.15) is 0 Å². The molecular weight excluding hydrogens is 485 g/mol. The zero-order valence-electron chi connectivity index (χ0n) is 18.7. The van der Waals surface area contributed by atoms with E-state index in [4.69, 9.17) is 23.2 Å².